The Labute approximate surface area is 210 Å². The van der Waals surface area contributed by atoms with Crippen LogP contribution in [0.2, 0.25) is 5.02 Å². The lowest BCUT2D eigenvalue weighted by Gasteiger charge is -2.34. The second-order valence-corrected chi connectivity index (χ2v) is 10.3. The maximum absolute atomic E-state index is 13.1. The molecule has 4 rings (SSSR count). The minimum absolute atomic E-state index is 0.198. The summed E-state index contributed by atoms with van der Waals surface area (Å²) in [4.78, 5) is 27.5. The van der Waals surface area contributed by atoms with Gasteiger partial charge in [0.25, 0.3) is 0 Å². The van der Waals surface area contributed by atoms with Crippen molar-refractivity contribution in [2.75, 3.05) is 18.0 Å². The monoisotopic (exact) mass is 497 g/mol. The van der Waals surface area contributed by atoms with E-state index in [1.807, 2.05) is 53.7 Å². The molecule has 1 atom stereocenters. The number of benzene rings is 2. The van der Waals surface area contributed by atoms with E-state index in [4.69, 9.17) is 16.3 Å². The van der Waals surface area contributed by atoms with Gasteiger partial charge in [-0.3, -0.25) is 4.90 Å². The molecule has 0 saturated heterocycles. The summed E-state index contributed by atoms with van der Waals surface area (Å²) in [6.45, 7) is 12.9. The predicted molar refractivity (Wildman–Crippen MR) is 139 cm³/mol. The van der Waals surface area contributed by atoms with Gasteiger partial charge in [-0.05, 0) is 76.4 Å². The van der Waals surface area contributed by atoms with Crippen LogP contribution in [0, 0.1) is 13.8 Å². The van der Waals surface area contributed by atoms with Crippen molar-refractivity contribution in [3.63, 3.8) is 0 Å². The molecule has 3 aromatic rings. The van der Waals surface area contributed by atoms with Crippen LogP contribution in [0.5, 0.6) is 0 Å². The number of ether oxygens (including phenoxy) is 1. The van der Waals surface area contributed by atoms with E-state index >= 15 is 0 Å². The van der Waals surface area contributed by atoms with E-state index in [2.05, 4.69) is 16.0 Å². The van der Waals surface area contributed by atoms with Crippen LogP contribution in [-0.4, -0.2) is 40.4 Å². The molecule has 186 valence electrons. The highest BCUT2D eigenvalue weighted by molar-refractivity contribution is 6.30. The fourth-order valence-electron chi connectivity index (χ4n) is 4.98. The van der Waals surface area contributed by atoms with Gasteiger partial charge in [-0.1, -0.05) is 23.7 Å². The first kappa shape index (κ1) is 25.1. The predicted octanol–water partition coefficient (Wildman–Crippen LogP) is 6.07. The number of halogens is 1. The number of rotatable bonds is 5. The van der Waals surface area contributed by atoms with Crippen LogP contribution in [0.1, 0.15) is 50.6 Å². The lowest BCUT2D eigenvalue weighted by Crippen LogP contribution is -2.44. The van der Waals surface area contributed by atoms with E-state index in [0.29, 0.717) is 35.8 Å². The maximum Gasteiger partial charge on any atom is 0.337 e. The van der Waals surface area contributed by atoms with Crippen molar-refractivity contribution in [2.24, 2.45) is 0 Å². The fraction of sp³-hybridized carbons (Fsp3) is 0.407. The molecule has 2 heterocycles. The average Bonchev–Trinajstić information content (AvgIpc) is 3.11. The Morgan fingerprint density at radius 1 is 1.17 bits per heavy atom. The molecular formula is C27H32ClN3O4. The molecular weight excluding hydrogens is 466 g/mol. The highest BCUT2D eigenvalue weighted by Gasteiger charge is 2.37. The molecule has 0 aliphatic carbocycles. The first-order valence-electron chi connectivity index (χ1n) is 11.8. The molecule has 1 aliphatic rings. The third-order valence-corrected chi connectivity index (χ3v) is 6.56. The van der Waals surface area contributed by atoms with E-state index in [1.54, 1.807) is 17.0 Å². The van der Waals surface area contributed by atoms with E-state index in [1.165, 1.54) is 0 Å². The summed E-state index contributed by atoms with van der Waals surface area (Å²) >= 11 is 6.18. The zero-order chi connectivity index (χ0) is 25.7. The van der Waals surface area contributed by atoms with Crippen LogP contribution in [0.15, 0.2) is 30.3 Å². The molecule has 2 amide bonds. The van der Waals surface area contributed by atoms with Gasteiger partial charge in [0.1, 0.15) is 0 Å². The number of hydrogen-bond acceptors (Lipinski definition) is 3. The maximum atomic E-state index is 13.1. The van der Waals surface area contributed by atoms with Gasteiger partial charge in [-0.25, -0.2) is 9.59 Å². The number of anilines is 1. The van der Waals surface area contributed by atoms with E-state index < -0.39 is 17.7 Å². The fourth-order valence-corrected chi connectivity index (χ4v) is 5.11. The van der Waals surface area contributed by atoms with Crippen molar-refractivity contribution < 1.29 is 19.4 Å². The third-order valence-electron chi connectivity index (χ3n) is 6.31. The van der Waals surface area contributed by atoms with Gasteiger partial charge in [0.05, 0.1) is 16.8 Å². The van der Waals surface area contributed by atoms with Gasteiger partial charge in [0.15, 0.2) is 6.10 Å². The topological polar surface area (TPSA) is 83.8 Å². The Morgan fingerprint density at radius 3 is 2.40 bits per heavy atom. The summed E-state index contributed by atoms with van der Waals surface area (Å²) in [7, 11) is 0. The Morgan fingerprint density at radius 2 is 1.83 bits per heavy atom. The van der Waals surface area contributed by atoms with Crippen molar-refractivity contribution >= 4 is 40.2 Å². The summed E-state index contributed by atoms with van der Waals surface area (Å²) in [5, 5.41) is 14.7. The number of aromatic nitrogens is 1. The van der Waals surface area contributed by atoms with Crippen molar-refractivity contribution in [2.45, 2.75) is 59.8 Å². The zero-order valence-electron chi connectivity index (χ0n) is 21.0. The molecule has 0 fully saturated rings. The zero-order valence-corrected chi connectivity index (χ0v) is 21.8. The van der Waals surface area contributed by atoms with Gasteiger partial charge in [-0.2, -0.15) is 0 Å². The lowest BCUT2D eigenvalue weighted by atomic mass is 9.87. The standard InChI is InChI=1S/C27H32ClN3O4/c1-7-29-26(34)31-13-12-30-15(2)14-19-21(17-8-10-18(28)11-9-17)20(16(3)22(31)23(19)30)24(25(32)33)35-27(4,5)6/h8-11,14,24H,7,12-13H2,1-6H3,(H,29,34)(H,32,33)/t24-/m0/s1. The Bertz CT molecular complexity index is 1310. The van der Waals surface area contributed by atoms with E-state index in [-0.39, 0.29) is 6.03 Å². The lowest BCUT2D eigenvalue weighted by molar-refractivity contribution is -0.160. The second kappa shape index (κ2) is 9.21. The summed E-state index contributed by atoms with van der Waals surface area (Å²) in [6, 6.07) is 9.27. The number of aryl methyl sites for hydroxylation is 1. The summed E-state index contributed by atoms with van der Waals surface area (Å²) < 4.78 is 8.35. The number of nitrogens with one attached hydrogen (secondary N) is 1. The number of aliphatic carboxylic acids is 1. The van der Waals surface area contributed by atoms with Gasteiger partial charge >= 0.3 is 12.0 Å². The van der Waals surface area contributed by atoms with Crippen LogP contribution in [0.4, 0.5) is 10.5 Å². The Hall–Kier alpha value is -3.03. The largest absolute Gasteiger partial charge is 0.479 e. The van der Waals surface area contributed by atoms with Gasteiger partial charge in [0, 0.05) is 41.3 Å². The molecule has 2 aromatic carbocycles. The molecule has 0 saturated carbocycles. The molecule has 7 nitrogen and oxygen atoms in total. The number of nitrogens with zero attached hydrogens (tertiary/aromatic N) is 2. The molecule has 0 bridgehead atoms. The van der Waals surface area contributed by atoms with Crippen molar-refractivity contribution in [3.8, 4) is 11.1 Å². The van der Waals surface area contributed by atoms with Gasteiger partial charge in [-0.15, -0.1) is 0 Å². The molecule has 8 heteroatoms. The average molecular weight is 498 g/mol. The number of carbonyl (C=O) groups is 2. The minimum Gasteiger partial charge on any atom is -0.479 e. The Kier molecular flexibility index (Phi) is 6.60. The SMILES string of the molecule is CCNC(=O)N1CCn2c(C)cc3c(-c4ccc(Cl)cc4)c([C@H](OC(C)(C)C)C(=O)O)c(C)c1c32. The van der Waals surface area contributed by atoms with Gasteiger partial charge in [0.2, 0.25) is 0 Å². The highest BCUT2D eigenvalue weighted by Crippen LogP contribution is 2.48. The van der Waals surface area contributed by atoms with Crippen molar-refractivity contribution in [3.05, 3.63) is 52.2 Å². The summed E-state index contributed by atoms with van der Waals surface area (Å²) in [6.07, 6.45) is -1.23. The summed E-state index contributed by atoms with van der Waals surface area (Å²) in [5.74, 6) is -1.08. The first-order chi connectivity index (χ1) is 16.4. The van der Waals surface area contributed by atoms with E-state index in [0.717, 1.165) is 33.4 Å². The molecule has 1 aromatic heterocycles. The number of carbonyl (C=O) groups excluding carboxylic acids is 1. The number of hydrogen-bond donors (Lipinski definition) is 2. The first-order valence-corrected chi connectivity index (χ1v) is 12.2. The van der Waals surface area contributed by atoms with Crippen LogP contribution in [-0.2, 0) is 16.1 Å². The number of amides is 2. The molecule has 0 unspecified atom stereocenters. The molecule has 2 N–H and O–H groups in total. The quantitative estimate of drug-likeness (QED) is 0.448. The summed E-state index contributed by atoms with van der Waals surface area (Å²) in [5.41, 5.74) is 4.87. The number of urea groups is 1. The van der Waals surface area contributed by atoms with Crippen molar-refractivity contribution in [1.82, 2.24) is 9.88 Å². The number of carboxylic acids is 1. The third kappa shape index (κ3) is 4.50. The van der Waals surface area contributed by atoms with Crippen molar-refractivity contribution in [1.29, 1.82) is 0 Å². The molecule has 35 heavy (non-hydrogen) atoms. The van der Waals surface area contributed by atoms with Crippen LogP contribution in [0.25, 0.3) is 22.0 Å². The van der Waals surface area contributed by atoms with Crippen LogP contribution in [0.3, 0.4) is 0 Å². The highest BCUT2D eigenvalue weighted by atomic mass is 35.5. The smallest absolute Gasteiger partial charge is 0.337 e. The molecule has 1 aliphatic heterocycles. The Balaban J connectivity index is 2.15. The van der Waals surface area contributed by atoms with E-state index in [9.17, 15) is 14.7 Å². The van der Waals surface area contributed by atoms with Crippen LogP contribution >= 0.6 is 11.6 Å². The van der Waals surface area contributed by atoms with Gasteiger partial charge < -0.3 is 19.7 Å². The molecule has 0 spiro atoms. The second-order valence-electron chi connectivity index (χ2n) is 9.90. The minimum atomic E-state index is -1.23. The molecule has 0 radical (unpaired) electrons. The van der Waals surface area contributed by atoms with Crippen LogP contribution < -0.4 is 10.2 Å². The number of carboxylic acid groups (broad SMARTS) is 1. The normalized spacial score (nSPS) is 14.3.